The maximum Gasteiger partial charge on any atom is 0.148 e. The molecule has 0 amide bonds. The van der Waals surface area contributed by atoms with Crippen LogP contribution in [-0.2, 0) is 0 Å². The molecular formula is C8H9FN2. The first-order chi connectivity index (χ1) is 5.20. The lowest BCUT2D eigenvalue weighted by Crippen LogP contribution is -2.04. The van der Waals surface area contributed by atoms with Crippen LogP contribution in [0.15, 0.2) is 29.3 Å². The summed E-state index contributed by atoms with van der Waals surface area (Å²) in [5, 5.41) is 0. The number of para-hydroxylation sites is 1. The Morgan fingerprint density at radius 2 is 2.09 bits per heavy atom. The molecule has 1 aromatic carbocycles. The lowest BCUT2D eigenvalue weighted by Gasteiger charge is -1.95. The van der Waals surface area contributed by atoms with Crippen LogP contribution < -0.4 is 5.73 Å². The molecule has 0 aliphatic rings. The summed E-state index contributed by atoms with van der Waals surface area (Å²) >= 11 is 0. The van der Waals surface area contributed by atoms with Gasteiger partial charge < -0.3 is 5.73 Å². The average Bonchev–Trinajstić information content (AvgIpc) is 1.93. The van der Waals surface area contributed by atoms with E-state index in [0.29, 0.717) is 5.84 Å². The number of halogens is 1. The van der Waals surface area contributed by atoms with E-state index in [1.165, 1.54) is 6.07 Å². The molecule has 2 nitrogen and oxygen atoms in total. The topological polar surface area (TPSA) is 38.4 Å². The Hall–Kier alpha value is -1.38. The quantitative estimate of drug-likeness (QED) is 0.484. The second kappa shape index (κ2) is 3.14. The molecule has 11 heavy (non-hydrogen) atoms. The van der Waals surface area contributed by atoms with E-state index in [9.17, 15) is 4.39 Å². The molecule has 0 aliphatic carbocycles. The van der Waals surface area contributed by atoms with Crippen molar-refractivity contribution in [2.45, 2.75) is 6.92 Å². The number of aliphatic imine (C=N–C) groups is 1. The van der Waals surface area contributed by atoms with Crippen molar-refractivity contribution in [1.82, 2.24) is 0 Å². The molecule has 58 valence electrons. The summed E-state index contributed by atoms with van der Waals surface area (Å²) in [5.41, 5.74) is 5.56. The van der Waals surface area contributed by atoms with Crippen molar-refractivity contribution < 1.29 is 4.39 Å². The molecule has 0 saturated carbocycles. The summed E-state index contributed by atoms with van der Waals surface area (Å²) in [5.74, 6) is 0.00685. The van der Waals surface area contributed by atoms with Gasteiger partial charge in [-0.3, -0.25) is 0 Å². The van der Waals surface area contributed by atoms with E-state index in [1.807, 2.05) is 0 Å². The minimum Gasteiger partial charge on any atom is -0.387 e. The first-order valence-electron chi connectivity index (χ1n) is 3.25. The van der Waals surface area contributed by atoms with Gasteiger partial charge in [-0.05, 0) is 19.1 Å². The molecule has 0 bridgehead atoms. The molecule has 0 fully saturated rings. The second-order valence-electron chi connectivity index (χ2n) is 2.20. The Kier molecular flexibility index (Phi) is 2.21. The fraction of sp³-hybridized carbons (Fsp3) is 0.125. The number of benzene rings is 1. The van der Waals surface area contributed by atoms with E-state index in [0.717, 1.165) is 0 Å². The molecule has 1 rings (SSSR count). The highest BCUT2D eigenvalue weighted by atomic mass is 19.1. The molecule has 0 radical (unpaired) electrons. The van der Waals surface area contributed by atoms with Gasteiger partial charge >= 0.3 is 0 Å². The highest BCUT2D eigenvalue weighted by molar-refractivity contribution is 5.80. The van der Waals surface area contributed by atoms with Crippen molar-refractivity contribution in [1.29, 1.82) is 0 Å². The Bertz CT molecular complexity index is 277. The SMILES string of the molecule is CC(N)=Nc1ccccc1F. The second-order valence-corrected chi connectivity index (χ2v) is 2.20. The Labute approximate surface area is 64.6 Å². The minimum absolute atomic E-state index is 0.285. The fourth-order valence-corrected chi connectivity index (χ4v) is 0.732. The molecule has 0 heterocycles. The van der Waals surface area contributed by atoms with Gasteiger partial charge in [-0.15, -0.1) is 0 Å². The lowest BCUT2D eigenvalue weighted by molar-refractivity contribution is 0.630. The van der Waals surface area contributed by atoms with Gasteiger partial charge in [-0.2, -0.15) is 0 Å². The van der Waals surface area contributed by atoms with Crippen LogP contribution in [0.2, 0.25) is 0 Å². The van der Waals surface area contributed by atoms with E-state index in [-0.39, 0.29) is 11.5 Å². The molecular weight excluding hydrogens is 143 g/mol. The number of hydrogen-bond acceptors (Lipinski definition) is 1. The Morgan fingerprint density at radius 3 is 2.64 bits per heavy atom. The van der Waals surface area contributed by atoms with Gasteiger partial charge in [0.05, 0.1) is 5.84 Å². The van der Waals surface area contributed by atoms with Crippen LogP contribution in [0.1, 0.15) is 6.92 Å². The first-order valence-corrected chi connectivity index (χ1v) is 3.25. The van der Waals surface area contributed by atoms with Crippen LogP contribution >= 0.6 is 0 Å². The molecule has 0 saturated heterocycles. The third-order valence-electron chi connectivity index (χ3n) is 1.15. The minimum atomic E-state index is -0.350. The number of amidine groups is 1. The summed E-state index contributed by atoms with van der Waals surface area (Å²) in [6.07, 6.45) is 0. The van der Waals surface area contributed by atoms with Crippen molar-refractivity contribution in [3.05, 3.63) is 30.1 Å². The standard InChI is InChI=1S/C8H9FN2/c1-6(10)11-8-5-3-2-4-7(8)9/h2-5H,1H3,(H2,10,11). The van der Waals surface area contributed by atoms with E-state index in [2.05, 4.69) is 4.99 Å². The number of nitrogens with two attached hydrogens (primary N) is 1. The number of rotatable bonds is 1. The molecule has 0 aliphatic heterocycles. The summed E-state index contributed by atoms with van der Waals surface area (Å²) in [6, 6.07) is 6.25. The summed E-state index contributed by atoms with van der Waals surface area (Å²) in [4.78, 5) is 3.78. The third kappa shape index (κ3) is 2.04. The van der Waals surface area contributed by atoms with E-state index >= 15 is 0 Å². The highest BCUT2D eigenvalue weighted by Crippen LogP contribution is 2.15. The van der Waals surface area contributed by atoms with Crippen molar-refractivity contribution in [2.75, 3.05) is 0 Å². The van der Waals surface area contributed by atoms with Crippen molar-refractivity contribution in [2.24, 2.45) is 10.7 Å². The van der Waals surface area contributed by atoms with Crippen LogP contribution in [0.5, 0.6) is 0 Å². The molecule has 0 spiro atoms. The van der Waals surface area contributed by atoms with Gasteiger partial charge in [-0.25, -0.2) is 9.38 Å². The maximum absolute atomic E-state index is 12.8. The van der Waals surface area contributed by atoms with Crippen LogP contribution in [0, 0.1) is 5.82 Å². The van der Waals surface area contributed by atoms with Gasteiger partial charge in [0.15, 0.2) is 0 Å². The predicted molar refractivity (Wildman–Crippen MR) is 43.4 cm³/mol. The Balaban J connectivity index is 3.04. The average molecular weight is 152 g/mol. The van der Waals surface area contributed by atoms with Crippen LogP contribution in [0.25, 0.3) is 0 Å². The third-order valence-corrected chi connectivity index (χ3v) is 1.15. The summed E-state index contributed by atoms with van der Waals surface area (Å²) in [6.45, 7) is 1.62. The lowest BCUT2D eigenvalue weighted by atomic mass is 10.3. The molecule has 0 atom stereocenters. The first kappa shape index (κ1) is 7.72. The summed E-state index contributed by atoms with van der Waals surface area (Å²) in [7, 11) is 0. The van der Waals surface area contributed by atoms with Crippen LogP contribution in [-0.4, -0.2) is 5.84 Å². The van der Waals surface area contributed by atoms with Crippen LogP contribution in [0.3, 0.4) is 0 Å². The molecule has 3 heteroatoms. The van der Waals surface area contributed by atoms with Gasteiger partial charge in [0, 0.05) is 0 Å². The largest absolute Gasteiger partial charge is 0.387 e. The molecule has 1 aromatic rings. The van der Waals surface area contributed by atoms with E-state index in [4.69, 9.17) is 5.73 Å². The zero-order valence-electron chi connectivity index (χ0n) is 6.21. The zero-order valence-corrected chi connectivity index (χ0v) is 6.21. The van der Waals surface area contributed by atoms with Gasteiger partial charge in [0.2, 0.25) is 0 Å². The van der Waals surface area contributed by atoms with Crippen molar-refractivity contribution >= 4 is 11.5 Å². The Morgan fingerprint density at radius 1 is 1.45 bits per heavy atom. The van der Waals surface area contributed by atoms with E-state index < -0.39 is 0 Å². The van der Waals surface area contributed by atoms with Crippen molar-refractivity contribution in [3.8, 4) is 0 Å². The zero-order chi connectivity index (χ0) is 8.27. The monoisotopic (exact) mass is 152 g/mol. The van der Waals surface area contributed by atoms with Gasteiger partial charge in [0.25, 0.3) is 0 Å². The molecule has 2 N–H and O–H groups in total. The van der Waals surface area contributed by atoms with Crippen molar-refractivity contribution in [3.63, 3.8) is 0 Å². The molecule has 0 unspecified atom stereocenters. The summed E-state index contributed by atoms with van der Waals surface area (Å²) < 4.78 is 12.8. The predicted octanol–water partition coefficient (Wildman–Crippen LogP) is 1.83. The smallest absolute Gasteiger partial charge is 0.148 e. The van der Waals surface area contributed by atoms with Gasteiger partial charge in [0.1, 0.15) is 11.5 Å². The van der Waals surface area contributed by atoms with Crippen LogP contribution in [0.4, 0.5) is 10.1 Å². The maximum atomic E-state index is 12.8. The molecule has 0 aromatic heterocycles. The normalized spacial score (nSPS) is 11.6. The van der Waals surface area contributed by atoms with Gasteiger partial charge in [-0.1, -0.05) is 12.1 Å². The van der Waals surface area contributed by atoms with E-state index in [1.54, 1.807) is 25.1 Å². The number of nitrogens with zero attached hydrogens (tertiary/aromatic N) is 1. The number of hydrogen-bond donors (Lipinski definition) is 1. The fourth-order valence-electron chi connectivity index (χ4n) is 0.732. The highest BCUT2D eigenvalue weighted by Gasteiger charge is 1.96.